The number of anilines is 1. The van der Waals surface area contributed by atoms with E-state index in [1.807, 2.05) is 18.2 Å². The largest absolute Gasteiger partial charge is 0.398 e. The molecule has 0 saturated carbocycles. The van der Waals surface area contributed by atoms with E-state index in [2.05, 4.69) is 26.0 Å². The number of fused-ring (bicyclic) bond motifs is 1. The Morgan fingerprint density at radius 1 is 1.40 bits per heavy atom. The van der Waals surface area contributed by atoms with Crippen molar-refractivity contribution in [1.82, 2.24) is 19.3 Å². The summed E-state index contributed by atoms with van der Waals surface area (Å²) in [5.74, 6) is 0. The first-order chi connectivity index (χ1) is 9.56. The summed E-state index contributed by atoms with van der Waals surface area (Å²) in [6.07, 6.45) is 3.07. The van der Waals surface area contributed by atoms with Gasteiger partial charge in [-0.2, -0.15) is 5.10 Å². The molecule has 0 aliphatic heterocycles. The van der Waals surface area contributed by atoms with Crippen molar-refractivity contribution < 1.29 is 0 Å². The molecule has 20 heavy (non-hydrogen) atoms. The first-order valence-corrected chi connectivity index (χ1v) is 6.76. The topological polar surface area (TPSA) is 78.7 Å². The summed E-state index contributed by atoms with van der Waals surface area (Å²) >= 11 is 3.35. The van der Waals surface area contributed by atoms with Gasteiger partial charge in [0.05, 0.1) is 12.7 Å². The lowest BCUT2D eigenvalue weighted by molar-refractivity contribution is 0.737. The minimum absolute atomic E-state index is 0.107. The number of rotatable bonds is 2. The zero-order chi connectivity index (χ0) is 14.3. The van der Waals surface area contributed by atoms with Crippen LogP contribution in [0.25, 0.3) is 11.0 Å². The van der Waals surface area contributed by atoms with Crippen LogP contribution in [-0.2, 0) is 13.6 Å². The minimum atomic E-state index is -0.107. The number of aromatic nitrogens is 4. The Morgan fingerprint density at radius 2 is 2.20 bits per heavy atom. The Bertz CT molecular complexity index is 852. The molecule has 0 atom stereocenters. The summed E-state index contributed by atoms with van der Waals surface area (Å²) in [5.41, 5.74) is 7.91. The second-order valence-electron chi connectivity index (χ2n) is 4.54. The molecule has 0 aliphatic rings. The van der Waals surface area contributed by atoms with Crippen molar-refractivity contribution in [3.8, 4) is 0 Å². The molecule has 0 amide bonds. The van der Waals surface area contributed by atoms with Crippen LogP contribution in [-0.4, -0.2) is 19.3 Å². The summed E-state index contributed by atoms with van der Waals surface area (Å²) in [7, 11) is 1.76. The van der Waals surface area contributed by atoms with Crippen molar-refractivity contribution in [1.29, 1.82) is 0 Å². The minimum Gasteiger partial charge on any atom is -0.398 e. The molecule has 0 fully saturated rings. The third-order valence-corrected chi connectivity index (χ3v) is 3.85. The Morgan fingerprint density at radius 3 is 2.95 bits per heavy atom. The highest BCUT2D eigenvalue weighted by Crippen LogP contribution is 2.20. The lowest BCUT2D eigenvalue weighted by Gasteiger charge is -2.07. The van der Waals surface area contributed by atoms with Crippen LogP contribution >= 0.6 is 15.9 Å². The summed E-state index contributed by atoms with van der Waals surface area (Å²) in [4.78, 5) is 16.6. The maximum atomic E-state index is 12.3. The predicted molar refractivity (Wildman–Crippen MR) is 80.4 cm³/mol. The number of benzene rings is 1. The van der Waals surface area contributed by atoms with Gasteiger partial charge in [-0.1, -0.05) is 6.07 Å². The van der Waals surface area contributed by atoms with E-state index in [0.29, 0.717) is 23.3 Å². The maximum absolute atomic E-state index is 12.3. The molecule has 0 radical (unpaired) electrons. The summed E-state index contributed by atoms with van der Waals surface area (Å²) < 4.78 is 3.97. The van der Waals surface area contributed by atoms with Crippen molar-refractivity contribution in [2.24, 2.45) is 7.05 Å². The van der Waals surface area contributed by atoms with Crippen molar-refractivity contribution in [3.63, 3.8) is 0 Å². The number of hydrogen-bond acceptors (Lipinski definition) is 4. The molecule has 0 bridgehead atoms. The van der Waals surface area contributed by atoms with Crippen LogP contribution in [0.1, 0.15) is 5.56 Å². The van der Waals surface area contributed by atoms with E-state index >= 15 is 0 Å². The van der Waals surface area contributed by atoms with Crippen LogP contribution in [0.3, 0.4) is 0 Å². The van der Waals surface area contributed by atoms with E-state index in [-0.39, 0.29) is 5.56 Å². The average molecular weight is 334 g/mol. The quantitative estimate of drug-likeness (QED) is 0.721. The van der Waals surface area contributed by atoms with Crippen LogP contribution in [0.2, 0.25) is 0 Å². The summed E-state index contributed by atoms with van der Waals surface area (Å²) in [6.45, 7) is 0.425. The van der Waals surface area contributed by atoms with Gasteiger partial charge in [-0.3, -0.25) is 14.0 Å². The monoisotopic (exact) mass is 333 g/mol. The fraction of sp³-hybridized carbons (Fsp3) is 0.154. The molecule has 3 aromatic rings. The normalized spacial score (nSPS) is 11.1. The number of nitrogens with two attached hydrogens (primary N) is 1. The number of nitrogens with zero attached hydrogens (tertiary/aromatic N) is 4. The summed E-state index contributed by atoms with van der Waals surface area (Å²) in [5, 5.41) is 4.56. The third kappa shape index (κ3) is 2.09. The van der Waals surface area contributed by atoms with Gasteiger partial charge in [-0.05, 0) is 33.6 Å². The standard InChI is InChI=1S/C13H12BrN5O/c1-18-12-9(5-17-18)13(20)19(7-16-12)6-8-2-3-10(14)11(15)4-8/h2-5,7H,6,15H2,1H3. The van der Waals surface area contributed by atoms with Gasteiger partial charge in [0, 0.05) is 17.2 Å². The van der Waals surface area contributed by atoms with E-state index < -0.39 is 0 Å². The predicted octanol–water partition coefficient (Wildman–Crippen LogP) is 1.52. The first-order valence-electron chi connectivity index (χ1n) is 5.97. The zero-order valence-electron chi connectivity index (χ0n) is 10.7. The molecule has 102 valence electrons. The summed E-state index contributed by atoms with van der Waals surface area (Å²) in [6, 6.07) is 5.62. The molecular formula is C13H12BrN5O. The Labute approximate surface area is 123 Å². The Hall–Kier alpha value is -2.15. The SMILES string of the molecule is Cn1ncc2c(=O)n(Cc3ccc(Br)c(N)c3)cnc21. The van der Waals surface area contributed by atoms with Crippen LogP contribution in [0.5, 0.6) is 0 Å². The smallest absolute Gasteiger partial charge is 0.264 e. The van der Waals surface area contributed by atoms with E-state index in [9.17, 15) is 4.79 Å². The highest BCUT2D eigenvalue weighted by Gasteiger charge is 2.08. The van der Waals surface area contributed by atoms with Crippen molar-refractivity contribution >= 4 is 32.7 Å². The van der Waals surface area contributed by atoms with Crippen molar-refractivity contribution in [2.75, 3.05) is 5.73 Å². The molecule has 0 unspecified atom stereocenters. The van der Waals surface area contributed by atoms with Crippen LogP contribution in [0.4, 0.5) is 5.69 Å². The molecule has 7 heteroatoms. The number of halogens is 1. The Kier molecular flexibility index (Phi) is 3.06. The highest BCUT2D eigenvalue weighted by molar-refractivity contribution is 9.10. The van der Waals surface area contributed by atoms with Gasteiger partial charge in [-0.25, -0.2) is 4.98 Å². The van der Waals surface area contributed by atoms with Gasteiger partial charge in [-0.15, -0.1) is 0 Å². The van der Waals surface area contributed by atoms with E-state index in [1.54, 1.807) is 16.3 Å². The molecule has 2 aromatic heterocycles. The maximum Gasteiger partial charge on any atom is 0.264 e. The Balaban J connectivity index is 2.04. The second-order valence-corrected chi connectivity index (χ2v) is 5.39. The fourth-order valence-corrected chi connectivity index (χ4v) is 2.31. The van der Waals surface area contributed by atoms with Gasteiger partial charge in [0.25, 0.3) is 5.56 Å². The first kappa shape index (κ1) is 12.9. The van der Waals surface area contributed by atoms with Gasteiger partial charge in [0.2, 0.25) is 0 Å². The molecule has 2 heterocycles. The molecule has 0 aliphatic carbocycles. The molecule has 3 rings (SSSR count). The highest BCUT2D eigenvalue weighted by atomic mass is 79.9. The van der Waals surface area contributed by atoms with Crippen LogP contribution in [0.15, 0.2) is 40.0 Å². The fourth-order valence-electron chi connectivity index (χ4n) is 2.07. The van der Waals surface area contributed by atoms with E-state index in [4.69, 9.17) is 5.73 Å². The molecule has 1 aromatic carbocycles. The molecule has 0 saturated heterocycles. The average Bonchev–Trinajstić information content (AvgIpc) is 2.80. The zero-order valence-corrected chi connectivity index (χ0v) is 12.3. The van der Waals surface area contributed by atoms with E-state index in [0.717, 1.165) is 10.0 Å². The van der Waals surface area contributed by atoms with E-state index in [1.165, 1.54) is 12.5 Å². The molecule has 0 spiro atoms. The second kappa shape index (κ2) is 4.75. The van der Waals surface area contributed by atoms with Gasteiger partial charge >= 0.3 is 0 Å². The van der Waals surface area contributed by atoms with Gasteiger partial charge in [0.1, 0.15) is 11.7 Å². The van der Waals surface area contributed by atoms with Crippen molar-refractivity contribution in [3.05, 3.63) is 51.1 Å². The number of nitrogen functional groups attached to an aromatic ring is 1. The third-order valence-electron chi connectivity index (χ3n) is 3.13. The molecule has 6 nitrogen and oxygen atoms in total. The van der Waals surface area contributed by atoms with Crippen LogP contribution < -0.4 is 11.3 Å². The molecular weight excluding hydrogens is 322 g/mol. The number of aryl methyl sites for hydroxylation is 1. The lowest BCUT2D eigenvalue weighted by Crippen LogP contribution is -2.21. The lowest BCUT2D eigenvalue weighted by atomic mass is 10.2. The number of hydrogen-bond donors (Lipinski definition) is 1. The molecule has 2 N–H and O–H groups in total. The van der Waals surface area contributed by atoms with Gasteiger partial charge < -0.3 is 5.73 Å². The van der Waals surface area contributed by atoms with Crippen molar-refractivity contribution in [2.45, 2.75) is 6.54 Å². The van der Waals surface area contributed by atoms with Crippen LogP contribution in [0, 0.1) is 0 Å². The van der Waals surface area contributed by atoms with Gasteiger partial charge in [0.15, 0.2) is 5.65 Å².